The van der Waals surface area contributed by atoms with E-state index in [9.17, 15) is 4.79 Å². The van der Waals surface area contributed by atoms with E-state index in [1.807, 2.05) is 80.6 Å². The van der Waals surface area contributed by atoms with Crippen LogP contribution in [0.2, 0.25) is 5.02 Å². The monoisotopic (exact) mass is 420 g/mol. The van der Waals surface area contributed by atoms with Crippen LogP contribution in [0.3, 0.4) is 0 Å². The van der Waals surface area contributed by atoms with Crippen LogP contribution >= 0.6 is 22.9 Å². The zero-order valence-corrected chi connectivity index (χ0v) is 17.9. The average Bonchev–Trinajstić information content (AvgIpc) is 3.16. The van der Waals surface area contributed by atoms with Crippen LogP contribution < -0.4 is 4.90 Å². The second-order valence-electron chi connectivity index (χ2n) is 7.14. The van der Waals surface area contributed by atoms with Crippen molar-refractivity contribution in [2.24, 2.45) is 0 Å². The zero-order chi connectivity index (χ0) is 20.4. The fourth-order valence-corrected chi connectivity index (χ4v) is 4.40. The summed E-state index contributed by atoms with van der Waals surface area (Å²) in [6.07, 6.45) is 0.336. The Morgan fingerprint density at radius 2 is 1.69 bits per heavy atom. The Morgan fingerprint density at radius 1 is 0.966 bits per heavy atom. The molecule has 5 heteroatoms. The van der Waals surface area contributed by atoms with Crippen molar-refractivity contribution < 1.29 is 4.79 Å². The Balaban J connectivity index is 1.70. The maximum Gasteiger partial charge on any atom is 0.233 e. The lowest BCUT2D eigenvalue weighted by atomic mass is 10.1. The van der Waals surface area contributed by atoms with Crippen molar-refractivity contribution in [3.63, 3.8) is 0 Å². The summed E-state index contributed by atoms with van der Waals surface area (Å²) in [5, 5.41) is 1.39. The minimum Gasteiger partial charge on any atom is -0.283 e. The van der Waals surface area contributed by atoms with Crippen LogP contribution in [0.1, 0.15) is 22.3 Å². The zero-order valence-electron chi connectivity index (χ0n) is 16.4. The molecule has 0 aliphatic rings. The van der Waals surface area contributed by atoms with Crippen molar-refractivity contribution in [2.45, 2.75) is 26.8 Å². The fourth-order valence-electron chi connectivity index (χ4n) is 3.21. The van der Waals surface area contributed by atoms with Crippen molar-refractivity contribution in [3.05, 3.63) is 94.0 Å². The first-order valence-electron chi connectivity index (χ1n) is 9.47. The largest absolute Gasteiger partial charge is 0.283 e. The van der Waals surface area contributed by atoms with Gasteiger partial charge in [-0.15, -0.1) is 0 Å². The lowest BCUT2D eigenvalue weighted by Crippen LogP contribution is -2.31. The van der Waals surface area contributed by atoms with E-state index in [0.717, 1.165) is 26.9 Å². The van der Waals surface area contributed by atoms with E-state index >= 15 is 0 Å². The lowest BCUT2D eigenvalue weighted by molar-refractivity contribution is -0.118. The van der Waals surface area contributed by atoms with E-state index in [0.29, 0.717) is 23.1 Å². The summed E-state index contributed by atoms with van der Waals surface area (Å²) >= 11 is 7.80. The maximum absolute atomic E-state index is 13.3. The molecule has 0 aliphatic carbocycles. The summed E-state index contributed by atoms with van der Waals surface area (Å²) in [5.74, 6) is 0.0283. The van der Waals surface area contributed by atoms with Gasteiger partial charge in [-0.3, -0.25) is 9.69 Å². The average molecular weight is 421 g/mol. The third-order valence-corrected chi connectivity index (χ3v) is 6.38. The Bertz CT molecular complexity index is 1150. The number of aromatic nitrogens is 1. The Labute approximate surface area is 179 Å². The molecule has 0 spiro atoms. The van der Waals surface area contributed by atoms with Crippen molar-refractivity contribution in [3.8, 4) is 0 Å². The number of carbonyl (C=O) groups is 1. The van der Waals surface area contributed by atoms with Crippen LogP contribution in [-0.2, 0) is 17.8 Å². The number of thiazole rings is 1. The van der Waals surface area contributed by atoms with Gasteiger partial charge in [-0.2, -0.15) is 0 Å². The van der Waals surface area contributed by atoms with Crippen molar-refractivity contribution in [2.75, 3.05) is 4.90 Å². The van der Waals surface area contributed by atoms with Crippen LogP contribution in [-0.4, -0.2) is 10.9 Å². The topological polar surface area (TPSA) is 33.2 Å². The highest BCUT2D eigenvalue weighted by Gasteiger charge is 2.21. The second-order valence-corrected chi connectivity index (χ2v) is 8.56. The Morgan fingerprint density at radius 3 is 2.41 bits per heavy atom. The molecule has 1 amide bonds. The Kier molecular flexibility index (Phi) is 5.65. The second kappa shape index (κ2) is 8.36. The minimum atomic E-state index is 0.0283. The molecule has 0 unspecified atom stereocenters. The molecule has 3 aromatic carbocycles. The molecule has 0 saturated heterocycles. The summed E-state index contributed by atoms with van der Waals surface area (Å²) < 4.78 is 1.03. The quantitative estimate of drug-likeness (QED) is 0.377. The van der Waals surface area contributed by atoms with Crippen LogP contribution in [0.15, 0.2) is 66.7 Å². The standard InChI is InChI=1S/C24H21ClN2OS/c1-16-8-10-18(11-9-16)14-22(28)27(15-19-6-4-3-5-7-19)24-26-23-17(2)20(25)12-13-21(23)29-24/h3-13H,14-15H2,1-2H3. The van der Waals surface area contributed by atoms with Crippen LogP contribution in [0.25, 0.3) is 10.2 Å². The maximum atomic E-state index is 13.3. The smallest absolute Gasteiger partial charge is 0.233 e. The molecule has 3 nitrogen and oxygen atoms in total. The molecule has 0 bridgehead atoms. The van der Waals surface area contributed by atoms with E-state index in [-0.39, 0.29) is 5.91 Å². The molecule has 29 heavy (non-hydrogen) atoms. The SMILES string of the molecule is Cc1ccc(CC(=O)N(Cc2ccccc2)c2nc3c(C)c(Cl)ccc3s2)cc1. The van der Waals surface area contributed by atoms with Gasteiger partial charge in [-0.1, -0.05) is 83.1 Å². The first kappa shape index (κ1) is 19.6. The molecule has 0 radical (unpaired) electrons. The number of halogens is 1. The van der Waals surface area contributed by atoms with Gasteiger partial charge in [-0.25, -0.2) is 4.98 Å². The summed E-state index contributed by atoms with van der Waals surface area (Å²) in [6.45, 7) is 4.49. The summed E-state index contributed by atoms with van der Waals surface area (Å²) in [7, 11) is 0. The van der Waals surface area contributed by atoms with Crippen LogP contribution in [0.5, 0.6) is 0 Å². The van der Waals surface area contributed by atoms with Crippen LogP contribution in [0.4, 0.5) is 5.13 Å². The van der Waals surface area contributed by atoms with Crippen molar-refractivity contribution >= 4 is 44.2 Å². The molecule has 4 aromatic rings. The molecule has 0 fully saturated rings. The molecule has 146 valence electrons. The predicted octanol–water partition coefficient (Wildman–Crippen LogP) is 6.34. The van der Waals surface area contributed by atoms with Gasteiger partial charge in [0.2, 0.25) is 5.91 Å². The van der Waals surface area contributed by atoms with Gasteiger partial charge >= 0.3 is 0 Å². The highest BCUT2D eigenvalue weighted by molar-refractivity contribution is 7.22. The van der Waals surface area contributed by atoms with Crippen LogP contribution in [0, 0.1) is 13.8 Å². The number of carbonyl (C=O) groups excluding carboxylic acids is 1. The predicted molar refractivity (Wildman–Crippen MR) is 122 cm³/mol. The molecule has 0 N–H and O–H groups in total. The van der Waals surface area contributed by atoms with Gasteiger partial charge < -0.3 is 0 Å². The molecule has 4 rings (SSSR count). The Hall–Kier alpha value is -2.69. The van der Waals surface area contributed by atoms with Gasteiger partial charge in [0.05, 0.1) is 23.2 Å². The third-order valence-electron chi connectivity index (χ3n) is 4.93. The number of hydrogen-bond acceptors (Lipinski definition) is 3. The first-order valence-corrected chi connectivity index (χ1v) is 10.7. The van der Waals surface area contributed by atoms with Gasteiger partial charge in [0.1, 0.15) is 0 Å². The number of amides is 1. The first-order chi connectivity index (χ1) is 14.0. The van der Waals surface area contributed by atoms with E-state index < -0.39 is 0 Å². The number of benzene rings is 3. The normalized spacial score (nSPS) is 11.0. The number of rotatable bonds is 5. The lowest BCUT2D eigenvalue weighted by Gasteiger charge is -2.20. The van der Waals surface area contributed by atoms with Gasteiger partial charge in [-0.05, 0) is 42.7 Å². The fraction of sp³-hybridized carbons (Fsp3) is 0.167. The highest BCUT2D eigenvalue weighted by atomic mass is 35.5. The number of fused-ring (bicyclic) bond motifs is 1. The number of nitrogens with zero attached hydrogens (tertiary/aromatic N) is 2. The molecule has 1 heterocycles. The minimum absolute atomic E-state index is 0.0283. The van der Waals surface area contributed by atoms with E-state index in [1.54, 1.807) is 4.90 Å². The molecule has 0 atom stereocenters. The molecule has 1 aromatic heterocycles. The molecule has 0 saturated carbocycles. The highest BCUT2D eigenvalue weighted by Crippen LogP contribution is 2.34. The van der Waals surface area contributed by atoms with Crippen molar-refractivity contribution in [1.82, 2.24) is 4.98 Å². The van der Waals surface area contributed by atoms with E-state index in [1.165, 1.54) is 16.9 Å². The van der Waals surface area contributed by atoms with E-state index in [2.05, 4.69) is 0 Å². The summed E-state index contributed by atoms with van der Waals surface area (Å²) in [4.78, 5) is 19.9. The van der Waals surface area contributed by atoms with Gasteiger partial charge in [0, 0.05) is 5.02 Å². The summed E-state index contributed by atoms with van der Waals surface area (Å²) in [5.41, 5.74) is 5.05. The number of anilines is 1. The van der Waals surface area contributed by atoms with Gasteiger partial charge in [0.25, 0.3) is 0 Å². The van der Waals surface area contributed by atoms with E-state index in [4.69, 9.17) is 16.6 Å². The summed E-state index contributed by atoms with van der Waals surface area (Å²) in [6, 6.07) is 22.0. The molecule has 0 aliphatic heterocycles. The number of hydrogen-bond donors (Lipinski definition) is 0. The number of aryl methyl sites for hydroxylation is 2. The molecular weight excluding hydrogens is 400 g/mol. The third kappa shape index (κ3) is 4.34. The molecular formula is C24H21ClN2OS. The van der Waals surface area contributed by atoms with Gasteiger partial charge in [0.15, 0.2) is 5.13 Å². The van der Waals surface area contributed by atoms with Crippen molar-refractivity contribution in [1.29, 1.82) is 0 Å².